The minimum atomic E-state index is 0.910. The lowest BCUT2D eigenvalue weighted by Crippen LogP contribution is -1.91. The lowest BCUT2D eigenvalue weighted by molar-refractivity contribution is 0.493. The SMILES string of the molecule is CC=CCCCCC1CC1CC(C)C. The first-order valence-electron chi connectivity index (χ1n) is 6.35. The molecule has 82 valence electrons. The van der Waals surface area contributed by atoms with Crippen molar-refractivity contribution < 1.29 is 0 Å². The fourth-order valence-electron chi connectivity index (χ4n) is 2.39. The van der Waals surface area contributed by atoms with Crippen molar-refractivity contribution in [3.05, 3.63) is 12.2 Å². The molecule has 0 N–H and O–H groups in total. The Bertz CT molecular complexity index is 167. The van der Waals surface area contributed by atoms with Crippen LogP contribution in [-0.2, 0) is 0 Å². The molecule has 1 rings (SSSR count). The summed E-state index contributed by atoms with van der Waals surface area (Å²) in [7, 11) is 0. The van der Waals surface area contributed by atoms with Crippen LogP contribution in [0.2, 0.25) is 0 Å². The first-order chi connectivity index (χ1) is 6.74. The maximum atomic E-state index is 2.35. The minimum Gasteiger partial charge on any atom is -0.0917 e. The highest BCUT2D eigenvalue weighted by Crippen LogP contribution is 2.46. The van der Waals surface area contributed by atoms with Crippen molar-refractivity contribution in [3.63, 3.8) is 0 Å². The second-order valence-electron chi connectivity index (χ2n) is 5.24. The molecule has 2 atom stereocenters. The highest BCUT2D eigenvalue weighted by Gasteiger charge is 2.35. The molecule has 1 fully saturated rings. The van der Waals surface area contributed by atoms with Crippen molar-refractivity contribution >= 4 is 0 Å². The van der Waals surface area contributed by atoms with Gasteiger partial charge in [-0.2, -0.15) is 0 Å². The van der Waals surface area contributed by atoms with Gasteiger partial charge in [0.1, 0.15) is 0 Å². The predicted octanol–water partition coefficient (Wildman–Crippen LogP) is 4.81. The van der Waals surface area contributed by atoms with Crippen LogP contribution in [0, 0.1) is 17.8 Å². The number of allylic oxidation sites excluding steroid dienone is 2. The van der Waals surface area contributed by atoms with E-state index in [2.05, 4.69) is 32.9 Å². The summed E-state index contributed by atoms with van der Waals surface area (Å²) in [4.78, 5) is 0. The number of rotatable bonds is 7. The number of unbranched alkanes of at least 4 members (excludes halogenated alkanes) is 2. The van der Waals surface area contributed by atoms with E-state index in [1.165, 1.54) is 38.5 Å². The molecule has 0 bridgehead atoms. The molecule has 1 saturated carbocycles. The summed E-state index contributed by atoms with van der Waals surface area (Å²) in [6.45, 7) is 6.81. The Balaban J connectivity index is 1.90. The largest absolute Gasteiger partial charge is 0.0917 e. The summed E-state index contributed by atoms with van der Waals surface area (Å²) in [6.07, 6.45) is 13.1. The predicted molar refractivity (Wildman–Crippen MR) is 64.3 cm³/mol. The average molecular weight is 194 g/mol. The first kappa shape index (κ1) is 11.8. The van der Waals surface area contributed by atoms with Crippen LogP contribution in [0.3, 0.4) is 0 Å². The van der Waals surface area contributed by atoms with Gasteiger partial charge in [0, 0.05) is 0 Å². The first-order valence-corrected chi connectivity index (χ1v) is 6.35. The third-order valence-electron chi connectivity index (χ3n) is 3.27. The molecule has 0 amide bonds. The van der Waals surface area contributed by atoms with Gasteiger partial charge < -0.3 is 0 Å². The van der Waals surface area contributed by atoms with Crippen LogP contribution in [0.4, 0.5) is 0 Å². The van der Waals surface area contributed by atoms with Gasteiger partial charge in [-0.05, 0) is 50.4 Å². The Morgan fingerprint density at radius 1 is 1.21 bits per heavy atom. The highest BCUT2D eigenvalue weighted by atomic mass is 14.4. The van der Waals surface area contributed by atoms with Crippen molar-refractivity contribution in [2.75, 3.05) is 0 Å². The Morgan fingerprint density at radius 3 is 2.64 bits per heavy atom. The van der Waals surface area contributed by atoms with Gasteiger partial charge in [0.15, 0.2) is 0 Å². The zero-order valence-electron chi connectivity index (χ0n) is 10.1. The monoisotopic (exact) mass is 194 g/mol. The van der Waals surface area contributed by atoms with E-state index in [0.29, 0.717) is 0 Å². The van der Waals surface area contributed by atoms with Crippen LogP contribution in [0.25, 0.3) is 0 Å². The van der Waals surface area contributed by atoms with Gasteiger partial charge in [0.2, 0.25) is 0 Å². The van der Waals surface area contributed by atoms with Crippen LogP contribution in [0.5, 0.6) is 0 Å². The molecule has 0 nitrogen and oxygen atoms in total. The van der Waals surface area contributed by atoms with E-state index >= 15 is 0 Å². The highest BCUT2D eigenvalue weighted by molar-refractivity contribution is 4.86. The molecule has 0 aromatic rings. The second-order valence-corrected chi connectivity index (χ2v) is 5.24. The quantitative estimate of drug-likeness (QED) is 0.403. The summed E-state index contributed by atoms with van der Waals surface area (Å²) < 4.78 is 0. The van der Waals surface area contributed by atoms with Crippen molar-refractivity contribution in [1.82, 2.24) is 0 Å². The van der Waals surface area contributed by atoms with E-state index in [0.717, 1.165) is 17.8 Å². The van der Waals surface area contributed by atoms with Crippen molar-refractivity contribution in [2.45, 2.75) is 59.3 Å². The van der Waals surface area contributed by atoms with Crippen molar-refractivity contribution in [1.29, 1.82) is 0 Å². The lowest BCUT2D eigenvalue weighted by atomic mass is 10.0. The molecule has 0 aromatic carbocycles. The molecule has 14 heavy (non-hydrogen) atoms. The maximum absolute atomic E-state index is 2.35. The number of hydrogen-bond acceptors (Lipinski definition) is 0. The van der Waals surface area contributed by atoms with Crippen LogP contribution in [0.15, 0.2) is 12.2 Å². The fraction of sp³-hybridized carbons (Fsp3) is 0.857. The van der Waals surface area contributed by atoms with Crippen molar-refractivity contribution in [2.24, 2.45) is 17.8 Å². The Hall–Kier alpha value is -0.260. The summed E-state index contributed by atoms with van der Waals surface area (Å²) in [5.41, 5.74) is 0. The Kier molecular flexibility index (Phi) is 5.29. The van der Waals surface area contributed by atoms with E-state index in [4.69, 9.17) is 0 Å². The van der Waals surface area contributed by atoms with Gasteiger partial charge in [0.05, 0.1) is 0 Å². The second kappa shape index (κ2) is 6.27. The van der Waals surface area contributed by atoms with Crippen LogP contribution in [-0.4, -0.2) is 0 Å². The lowest BCUT2D eigenvalue weighted by Gasteiger charge is -2.02. The Labute approximate surface area is 89.8 Å². The van der Waals surface area contributed by atoms with E-state index in [1.54, 1.807) is 0 Å². The molecule has 1 aliphatic rings. The summed E-state index contributed by atoms with van der Waals surface area (Å²) >= 11 is 0. The molecule has 2 unspecified atom stereocenters. The van der Waals surface area contributed by atoms with E-state index in [1.807, 2.05) is 0 Å². The minimum absolute atomic E-state index is 0.910. The standard InChI is InChI=1S/C14H26/c1-4-5-6-7-8-9-13-11-14(13)10-12(2)3/h4-5,12-14H,6-11H2,1-3H3. The van der Waals surface area contributed by atoms with Gasteiger partial charge in [-0.1, -0.05) is 38.8 Å². The normalized spacial score (nSPS) is 26.3. The van der Waals surface area contributed by atoms with E-state index in [9.17, 15) is 0 Å². The summed E-state index contributed by atoms with van der Waals surface area (Å²) in [5.74, 6) is 3.10. The number of hydrogen-bond donors (Lipinski definition) is 0. The van der Waals surface area contributed by atoms with Crippen LogP contribution >= 0.6 is 0 Å². The molecular weight excluding hydrogens is 168 g/mol. The van der Waals surface area contributed by atoms with Gasteiger partial charge in [-0.3, -0.25) is 0 Å². The fourth-order valence-corrected chi connectivity index (χ4v) is 2.39. The molecule has 0 radical (unpaired) electrons. The Morgan fingerprint density at radius 2 is 2.00 bits per heavy atom. The van der Waals surface area contributed by atoms with Gasteiger partial charge >= 0.3 is 0 Å². The molecule has 0 heteroatoms. The molecule has 0 spiro atoms. The molecule has 1 aliphatic carbocycles. The molecule has 0 aliphatic heterocycles. The van der Waals surface area contributed by atoms with Crippen LogP contribution < -0.4 is 0 Å². The zero-order valence-corrected chi connectivity index (χ0v) is 10.1. The third kappa shape index (κ3) is 4.83. The van der Waals surface area contributed by atoms with Crippen LogP contribution in [0.1, 0.15) is 59.3 Å². The molecule has 0 aromatic heterocycles. The maximum Gasteiger partial charge on any atom is -0.0351 e. The summed E-state index contributed by atoms with van der Waals surface area (Å²) in [6, 6.07) is 0. The van der Waals surface area contributed by atoms with Crippen molar-refractivity contribution in [3.8, 4) is 0 Å². The average Bonchev–Trinajstić information content (AvgIpc) is 2.82. The van der Waals surface area contributed by atoms with Gasteiger partial charge in [0.25, 0.3) is 0 Å². The molecular formula is C14H26. The molecule has 0 saturated heterocycles. The van der Waals surface area contributed by atoms with Gasteiger partial charge in [-0.25, -0.2) is 0 Å². The zero-order chi connectivity index (χ0) is 10.4. The van der Waals surface area contributed by atoms with E-state index in [-0.39, 0.29) is 0 Å². The van der Waals surface area contributed by atoms with Gasteiger partial charge in [-0.15, -0.1) is 0 Å². The topological polar surface area (TPSA) is 0 Å². The molecule has 0 heterocycles. The summed E-state index contributed by atoms with van der Waals surface area (Å²) in [5, 5.41) is 0. The smallest absolute Gasteiger partial charge is 0.0351 e. The van der Waals surface area contributed by atoms with E-state index < -0.39 is 0 Å². The third-order valence-corrected chi connectivity index (χ3v) is 3.27.